The molecule has 6 heteroatoms. The predicted octanol–water partition coefficient (Wildman–Crippen LogP) is 3.97. The van der Waals surface area contributed by atoms with E-state index >= 15 is 0 Å². The minimum Gasteiger partial charge on any atom is -0.466 e. The number of carbonyl (C=O) groups is 3. The van der Waals surface area contributed by atoms with E-state index in [4.69, 9.17) is 4.74 Å². The van der Waals surface area contributed by atoms with E-state index in [1.165, 1.54) is 11.1 Å². The molecule has 2 aliphatic heterocycles. The molecule has 35 heavy (non-hydrogen) atoms. The average molecular weight is 477 g/mol. The predicted molar refractivity (Wildman–Crippen MR) is 135 cm³/mol. The van der Waals surface area contributed by atoms with Gasteiger partial charge in [0.25, 0.3) is 0 Å². The molecule has 0 aromatic heterocycles. The van der Waals surface area contributed by atoms with Crippen LogP contribution in [0.2, 0.25) is 0 Å². The SMILES string of the molecule is CCOC(=O)C1CCCN(C(=O)C2CC(c3cccc(C)c3)CN(C(=O)Cc3ccccc3)C2)C1. The highest BCUT2D eigenvalue weighted by Crippen LogP contribution is 2.33. The first-order valence-electron chi connectivity index (χ1n) is 12.8. The Hall–Kier alpha value is -3.15. The van der Waals surface area contributed by atoms with Crippen LogP contribution >= 0.6 is 0 Å². The standard InChI is InChI=1S/C29H36N2O4/c1-3-35-29(34)24-13-8-14-30(18-24)28(33)26-17-25(23-12-7-9-21(2)15-23)19-31(20-26)27(32)16-22-10-5-4-6-11-22/h4-7,9-12,15,24-26H,3,8,13-14,16-20H2,1-2H3. The van der Waals surface area contributed by atoms with Crippen molar-refractivity contribution in [1.82, 2.24) is 9.80 Å². The number of amides is 2. The van der Waals surface area contributed by atoms with E-state index in [1.54, 1.807) is 6.92 Å². The summed E-state index contributed by atoms with van der Waals surface area (Å²) in [6, 6.07) is 18.1. The lowest BCUT2D eigenvalue weighted by Gasteiger charge is -2.41. The van der Waals surface area contributed by atoms with Gasteiger partial charge in [-0.05, 0) is 44.2 Å². The molecule has 3 unspecified atom stereocenters. The van der Waals surface area contributed by atoms with Crippen molar-refractivity contribution in [2.45, 2.75) is 45.4 Å². The van der Waals surface area contributed by atoms with Crippen molar-refractivity contribution in [3.63, 3.8) is 0 Å². The number of aryl methyl sites for hydroxylation is 1. The summed E-state index contributed by atoms with van der Waals surface area (Å²) in [5, 5.41) is 0. The van der Waals surface area contributed by atoms with Crippen LogP contribution in [0, 0.1) is 18.8 Å². The Balaban J connectivity index is 1.52. The summed E-state index contributed by atoms with van der Waals surface area (Å²) in [7, 11) is 0. The Kier molecular flexibility index (Phi) is 8.21. The fourth-order valence-electron chi connectivity index (χ4n) is 5.42. The molecular formula is C29H36N2O4. The maximum Gasteiger partial charge on any atom is 0.310 e. The lowest BCUT2D eigenvalue weighted by atomic mass is 9.82. The molecule has 3 atom stereocenters. The number of benzene rings is 2. The summed E-state index contributed by atoms with van der Waals surface area (Å²) < 4.78 is 5.22. The summed E-state index contributed by atoms with van der Waals surface area (Å²) in [6.07, 6.45) is 2.58. The van der Waals surface area contributed by atoms with Crippen LogP contribution in [0.3, 0.4) is 0 Å². The number of carbonyl (C=O) groups excluding carboxylic acids is 3. The lowest BCUT2D eigenvalue weighted by Crippen LogP contribution is -2.51. The van der Waals surface area contributed by atoms with Crippen molar-refractivity contribution in [2.75, 3.05) is 32.8 Å². The Bertz CT molecular complexity index is 1040. The van der Waals surface area contributed by atoms with Crippen LogP contribution in [-0.2, 0) is 25.5 Å². The number of nitrogens with zero attached hydrogens (tertiary/aromatic N) is 2. The monoisotopic (exact) mass is 476 g/mol. The summed E-state index contributed by atoms with van der Waals surface area (Å²) >= 11 is 0. The summed E-state index contributed by atoms with van der Waals surface area (Å²) in [6.45, 7) is 6.31. The van der Waals surface area contributed by atoms with Gasteiger partial charge in [-0.2, -0.15) is 0 Å². The normalized spacial score (nSPS) is 22.5. The van der Waals surface area contributed by atoms with Crippen molar-refractivity contribution >= 4 is 17.8 Å². The minimum atomic E-state index is -0.282. The maximum atomic E-state index is 13.7. The second-order valence-electron chi connectivity index (χ2n) is 9.88. The Morgan fingerprint density at radius 3 is 2.46 bits per heavy atom. The zero-order valence-electron chi connectivity index (χ0n) is 20.8. The minimum absolute atomic E-state index is 0.0499. The molecule has 6 nitrogen and oxygen atoms in total. The zero-order chi connectivity index (χ0) is 24.8. The van der Waals surface area contributed by atoms with Crippen molar-refractivity contribution < 1.29 is 19.1 Å². The number of ether oxygens (including phenoxy) is 1. The van der Waals surface area contributed by atoms with Gasteiger partial charge in [0.1, 0.15) is 0 Å². The molecule has 0 bridgehead atoms. The molecule has 0 spiro atoms. The van der Waals surface area contributed by atoms with E-state index in [2.05, 4.69) is 25.1 Å². The summed E-state index contributed by atoms with van der Waals surface area (Å²) in [5.74, 6) is -0.563. The number of esters is 1. The quantitative estimate of drug-likeness (QED) is 0.592. The van der Waals surface area contributed by atoms with E-state index in [-0.39, 0.29) is 35.5 Å². The molecule has 186 valence electrons. The molecule has 2 aliphatic rings. The third-order valence-corrected chi connectivity index (χ3v) is 7.22. The maximum absolute atomic E-state index is 13.7. The zero-order valence-corrected chi connectivity index (χ0v) is 20.8. The van der Waals surface area contributed by atoms with Gasteiger partial charge in [-0.3, -0.25) is 14.4 Å². The summed E-state index contributed by atoms with van der Waals surface area (Å²) in [4.78, 5) is 43.0. The topological polar surface area (TPSA) is 66.9 Å². The lowest BCUT2D eigenvalue weighted by molar-refractivity contribution is -0.152. The van der Waals surface area contributed by atoms with Crippen LogP contribution < -0.4 is 0 Å². The number of rotatable bonds is 6. The van der Waals surface area contributed by atoms with Gasteiger partial charge in [-0.15, -0.1) is 0 Å². The second kappa shape index (κ2) is 11.5. The highest BCUT2D eigenvalue weighted by atomic mass is 16.5. The third kappa shape index (κ3) is 6.30. The van der Waals surface area contributed by atoms with Gasteiger partial charge in [0.2, 0.25) is 11.8 Å². The van der Waals surface area contributed by atoms with Crippen molar-refractivity contribution in [3.8, 4) is 0 Å². The van der Waals surface area contributed by atoms with Gasteiger partial charge in [0.05, 0.1) is 24.9 Å². The average Bonchev–Trinajstić information content (AvgIpc) is 2.89. The largest absolute Gasteiger partial charge is 0.466 e. The first-order valence-corrected chi connectivity index (χ1v) is 12.8. The fraction of sp³-hybridized carbons (Fsp3) is 0.483. The number of hydrogen-bond donors (Lipinski definition) is 0. The summed E-state index contributed by atoms with van der Waals surface area (Å²) in [5.41, 5.74) is 3.32. The molecule has 0 N–H and O–H groups in total. The molecule has 2 amide bonds. The highest BCUT2D eigenvalue weighted by Gasteiger charge is 2.38. The van der Waals surface area contributed by atoms with Crippen molar-refractivity contribution in [1.29, 1.82) is 0 Å². The molecule has 2 aromatic carbocycles. The third-order valence-electron chi connectivity index (χ3n) is 7.22. The highest BCUT2D eigenvalue weighted by molar-refractivity contribution is 5.83. The van der Waals surface area contributed by atoms with E-state index in [0.29, 0.717) is 45.6 Å². The smallest absolute Gasteiger partial charge is 0.310 e. The van der Waals surface area contributed by atoms with Gasteiger partial charge in [0, 0.05) is 32.1 Å². The molecule has 2 aromatic rings. The Morgan fingerprint density at radius 2 is 1.71 bits per heavy atom. The van der Waals surface area contributed by atoms with Gasteiger partial charge in [-0.25, -0.2) is 0 Å². The van der Waals surface area contributed by atoms with Crippen LogP contribution in [0.15, 0.2) is 54.6 Å². The first-order chi connectivity index (χ1) is 16.9. The van der Waals surface area contributed by atoms with E-state index in [9.17, 15) is 14.4 Å². The van der Waals surface area contributed by atoms with Crippen molar-refractivity contribution in [3.05, 3.63) is 71.3 Å². The van der Waals surface area contributed by atoms with Gasteiger partial charge in [0.15, 0.2) is 0 Å². The van der Waals surface area contributed by atoms with Gasteiger partial charge < -0.3 is 14.5 Å². The molecule has 2 fully saturated rings. The van der Waals surface area contributed by atoms with Crippen LogP contribution in [-0.4, -0.2) is 60.4 Å². The first kappa shape index (κ1) is 25.0. The Morgan fingerprint density at radius 1 is 0.943 bits per heavy atom. The van der Waals surface area contributed by atoms with Crippen LogP contribution in [0.4, 0.5) is 0 Å². The van der Waals surface area contributed by atoms with Gasteiger partial charge >= 0.3 is 5.97 Å². The fourth-order valence-corrected chi connectivity index (χ4v) is 5.42. The van der Waals surface area contributed by atoms with Crippen LogP contribution in [0.1, 0.15) is 48.8 Å². The molecule has 2 saturated heterocycles. The number of likely N-dealkylation sites (tertiary alicyclic amines) is 2. The number of hydrogen-bond acceptors (Lipinski definition) is 4. The van der Waals surface area contributed by atoms with Gasteiger partial charge in [-0.1, -0.05) is 60.2 Å². The molecule has 2 heterocycles. The van der Waals surface area contributed by atoms with Crippen LogP contribution in [0.25, 0.3) is 0 Å². The van der Waals surface area contributed by atoms with Crippen molar-refractivity contribution in [2.24, 2.45) is 11.8 Å². The van der Waals surface area contributed by atoms with E-state index in [1.807, 2.05) is 46.2 Å². The van der Waals surface area contributed by atoms with E-state index < -0.39 is 0 Å². The second-order valence-corrected chi connectivity index (χ2v) is 9.88. The van der Waals surface area contributed by atoms with E-state index in [0.717, 1.165) is 18.4 Å². The molecule has 0 aliphatic carbocycles. The molecular weight excluding hydrogens is 440 g/mol. The molecule has 0 saturated carbocycles. The number of piperidine rings is 2. The molecule has 0 radical (unpaired) electrons. The Labute approximate surface area is 208 Å². The molecule has 4 rings (SSSR count). The van der Waals surface area contributed by atoms with Crippen LogP contribution in [0.5, 0.6) is 0 Å².